The molecule has 0 aliphatic carbocycles. The average Bonchev–Trinajstić information content (AvgIpc) is 3.27. The SMILES string of the molecule is O=C(Nc1ccc2c(c1)C(=O)NCCO2)c1cc(C2CCNC2)[nH]n1. The second-order valence-electron chi connectivity index (χ2n) is 6.17. The lowest BCUT2D eigenvalue weighted by Gasteiger charge is -2.08. The Morgan fingerprint density at radius 3 is 3.04 bits per heavy atom. The van der Waals surface area contributed by atoms with Gasteiger partial charge >= 0.3 is 0 Å². The summed E-state index contributed by atoms with van der Waals surface area (Å²) >= 11 is 0. The van der Waals surface area contributed by atoms with E-state index in [9.17, 15) is 9.59 Å². The predicted molar refractivity (Wildman–Crippen MR) is 91.0 cm³/mol. The normalized spacial score (nSPS) is 19.5. The summed E-state index contributed by atoms with van der Waals surface area (Å²) in [7, 11) is 0. The molecule has 4 N–H and O–H groups in total. The second kappa shape index (κ2) is 6.56. The van der Waals surface area contributed by atoms with Crippen LogP contribution in [-0.4, -0.2) is 48.3 Å². The van der Waals surface area contributed by atoms with Crippen LogP contribution in [-0.2, 0) is 0 Å². The second-order valence-corrected chi connectivity index (χ2v) is 6.17. The van der Waals surface area contributed by atoms with Crippen LogP contribution in [0.1, 0.15) is 38.9 Å². The number of anilines is 1. The number of H-pyrrole nitrogens is 1. The Kier molecular flexibility index (Phi) is 4.10. The minimum absolute atomic E-state index is 0.209. The lowest BCUT2D eigenvalue weighted by molar-refractivity contribution is 0.0955. The first kappa shape index (κ1) is 15.6. The van der Waals surface area contributed by atoms with Gasteiger partial charge in [0.1, 0.15) is 12.4 Å². The fourth-order valence-electron chi connectivity index (χ4n) is 3.11. The van der Waals surface area contributed by atoms with E-state index in [0.29, 0.717) is 41.8 Å². The summed E-state index contributed by atoms with van der Waals surface area (Å²) in [4.78, 5) is 24.5. The first-order valence-corrected chi connectivity index (χ1v) is 8.33. The largest absolute Gasteiger partial charge is 0.491 e. The van der Waals surface area contributed by atoms with Gasteiger partial charge in [0.05, 0.1) is 12.1 Å². The molecule has 1 aromatic heterocycles. The number of nitrogens with one attached hydrogen (secondary N) is 4. The van der Waals surface area contributed by atoms with Gasteiger partial charge in [0.25, 0.3) is 11.8 Å². The topological polar surface area (TPSA) is 108 Å². The van der Waals surface area contributed by atoms with Crippen molar-refractivity contribution in [1.82, 2.24) is 20.8 Å². The number of rotatable bonds is 3. The van der Waals surface area contributed by atoms with Gasteiger partial charge in [-0.25, -0.2) is 0 Å². The smallest absolute Gasteiger partial charge is 0.276 e. The zero-order valence-corrected chi connectivity index (χ0v) is 13.6. The fraction of sp³-hybridized carbons (Fsp3) is 0.353. The summed E-state index contributed by atoms with van der Waals surface area (Å²) in [5.41, 5.74) is 2.23. The van der Waals surface area contributed by atoms with E-state index in [4.69, 9.17) is 4.74 Å². The summed E-state index contributed by atoms with van der Waals surface area (Å²) in [6.45, 7) is 2.76. The van der Waals surface area contributed by atoms with E-state index >= 15 is 0 Å². The molecule has 0 bridgehead atoms. The molecule has 3 heterocycles. The molecule has 2 aromatic rings. The molecule has 0 spiro atoms. The van der Waals surface area contributed by atoms with Crippen LogP contribution < -0.4 is 20.7 Å². The van der Waals surface area contributed by atoms with Crippen LogP contribution in [0.4, 0.5) is 5.69 Å². The van der Waals surface area contributed by atoms with E-state index < -0.39 is 0 Å². The van der Waals surface area contributed by atoms with Crippen LogP contribution >= 0.6 is 0 Å². The molecule has 0 saturated carbocycles. The van der Waals surface area contributed by atoms with Crippen molar-refractivity contribution in [1.29, 1.82) is 0 Å². The highest BCUT2D eigenvalue weighted by molar-refractivity contribution is 6.04. The van der Waals surface area contributed by atoms with E-state index in [1.54, 1.807) is 24.3 Å². The Hall–Kier alpha value is -2.87. The van der Waals surface area contributed by atoms with Gasteiger partial charge in [-0.3, -0.25) is 14.7 Å². The molecule has 1 unspecified atom stereocenters. The van der Waals surface area contributed by atoms with Crippen LogP contribution in [0, 0.1) is 0 Å². The number of nitrogens with zero attached hydrogens (tertiary/aromatic N) is 1. The molecule has 1 atom stereocenters. The van der Waals surface area contributed by atoms with Gasteiger partial charge in [-0.1, -0.05) is 0 Å². The lowest BCUT2D eigenvalue weighted by Crippen LogP contribution is -2.24. The average molecular weight is 341 g/mol. The van der Waals surface area contributed by atoms with E-state index in [-0.39, 0.29) is 11.8 Å². The van der Waals surface area contributed by atoms with Crippen LogP contribution in [0.15, 0.2) is 24.3 Å². The zero-order chi connectivity index (χ0) is 17.2. The monoisotopic (exact) mass is 341 g/mol. The molecule has 1 aromatic carbocycles. The number of ether oxygens (including phenoxy) is 1. The standard InChI is InChI=1S/C17H19N5O3/c23-16-12-7-11(1-2-15(12)25-6-5-19-16)20-17(24)14-8-13(21-22-14)10-3-4-18-9-10/h1-2,7-8,10,18H,3-6,9H2,(H,19,23)(H,20,24)(H,21,22). The summed E-state index contributed by atoms with van der Waals surface area (Å²) in [5.74, 6) is 0.355. The van der Waals surface area contributed by atoms with Crippen LogP contribution in [0.25, 0.3) is 0 Å². The van der Waals surface area contributed by atoms with Crippen molar-refractivity contribution in [2.45, 2.75) is 12.3 Å². The fourth-order valence-corrected chi connectivity index (χ4v) is 3.11. The summed E-state index contributed by atoms with van der Waals surface area (Å²) in [6.07, 6.45) is 1.03. The zero-order valence-electron chi connectivity index (χ0n) is 13.6. The molecular formula is C17H19N5O3. The molecule has 8 heteroatoms. The number of carbonyl (C=O) groups is 2. The number of aromatic nitrogens is 2. The van der Waals surface area contributed by atoms with Gasteiger partial charge in [-0.2, -0.15) is 5.10 Å². The first-order valence-electron chi connectivity index (χ1n) is 8.33. The van der Waals surface area contributed by atoms with Crippen molar-refractivity contribution >= 4 is 17.5 Å². The van der Waals surface area contributed by atoms with Gasteiger partial charge in [0.2, 0.25) is 0 Å². The number of benzene rings is 1. The van der Waals surface area contributed by atoms with Crippen molar-refractivity contribution in [2.75, 3.05) is 31.6 Å². The molecule has 2 aliphatic heterocycles. The first-order chi connectivity index (χ1) is 12.2. The number of carbonyl (C=O) groups excluding carboxylic acids is 2. The highest BCUT2D eigenvalue weighted by atomic mass is 16.5. The van der Waals surface area contributed by atoms with Gasteiger partial charge in [-0.05, 0) is 37.2 Å². The number of hydrogen-bond donors (Lipinski definition) is 4. The Labute approximate surface area is 144 Å². The number of fused-ring (bicyclic) bond motifs is 1. The molecule has 25 heavy (non-hydrogen) atoms. The van der Waals surface area contributed by atoms with Crippen LogP contribution in [0.5, 0.6) is 5.75 Å². The van der Waals surface area contributed by atoms with Crippen molar-refractivity contribution in [3.05, 3.63) is 41.2 Å². The van der Waals surface area contributed by atoms with E-state index in [0.717, 1.165) is 25.2 Å². The highest BCUT2D eigenvalue weighted by Gasteiger charge is 2.21. The Morgan fingerprint density at radius 1 is 1.28 bits per heavy atom. The number of aromatic amines is 1. The molecule has 0 radical (unpaired) electrons. The minimum Gasteiger partial charge on any atom is -0.491 e. The maximum absolute atomic E-state index is 12.4. The summed E-state index contributed by atoms with van der Waals surface area (Å²) < 4.78 is 5.50. The van der Waals surface area contributed by atoms with E-state index in [1.807, 2.05) is 0 Å². The van der Waals surface area contributed by atoms with Crippen LogP contribution in [0.3, 0.4) is 0 Å². The van der Waals surface area contributed by atoms with Crippen molar-refractivity contribution < 1.29 is 14.3 Å². The van der Waals surface area contributed by atoms with Crippen molar-refractivity contribution in [3.63, 3.8) is 0 Å². The third kappa shape index (κ3) is 3.20. The Morgan fingerprint density at radius 2 is 2.20 bits per heavy atom. The highest BCUT2D eigenvalue weighted by Crippen LogP contribution is 2.25. The molecular weight excluding hydrogens is 322 g/mol. The molecule has 2 aliphatic rings. The summed E-state index contributed by atoms with van der Waals surface area (Å²) in [6, 6.07) is 6.80. The molecule has 4 rings (SSSR count). The maximum Gasteiger partial charge on any atom is 0.276 e. The van der Waals surface area contributed by atoms with Crippen molar-refractivity contribution in [2.24, 2.45) is 0 Å². The Balaban J connectivity index is 1.50. The third-order valence-electron chi connectivity index (χ3n) is 4.46. The molecule has 8 nitrogen and oxygen atoms in total. The maximum atomic E-state index is 12.4. The van der Waals surface area contributed by atoms with Gasteiger partial charge < -0.3 is 20.7 Å². The molecule has 130 valence electrons. The minimum atomic E-state index is -0.316. The van der Waals surface area contributed by atoms with Gasteiger partial charge in [-0.15, -0.1) is 0 Å². The molecule has 2 amide bonds. The van der Waals surface area contributed by atoms with Gasteiger partial charge in [0, 0.05) is 23.8 Å². The quantitative estimate of drug-likeness (QED) is 0.662. The van der Waals surface area contributed by atoms with Crippen LogP contribution in [0.2, 0.25) is 0 Å². The van der Waals surface area contributed by atoms with E-state index in [1.165, 1.54) is 0 Å². The summed E-state index contributed by atoms with van der Waals surface area (Å²) in [5, 5.41) is 15.9. The number of amides is 2. The predicted octanol–water partition coefficient (Wildman–Crippen LogP) is 0.861. The lowest BCUT2D eigenvalue weighted by atomic mass is 10.1. The number of hydrogen-bond acceptors (Lipinski definition) is 5. The Bertz CT molecular complexity index is 810. The van der Waals surface area contributed by atoms with E-state index in [2.05, 4.69) is 26.1 Å². The van der Waals surface area contributed by atoms with Gasteiger partial charge in [0.15, 0.2) is 5.69 Å². The third-order valence-corrected chi connectivity index (χ3v) is 4.46. The van der Waals surface area contributed by atoms with Crippen molar-refractivity contribution in [3.8, 4) is 5.75 Å². The molecule has 1 saturated heterocycles. The molecule has 1 fully saturated rings.